The number of aromatic carboxylic acids is 1. The average Bonchev–Trinajstić information content (AvgIpc) is 2.46. The number of anilines is 1. The van der Waals surface area contributed by atoms with Crippen molar-refractivity contribution in [3.05, 3.63) is 36.0 Å². The van der Waals surface area contributed by atoms with Crippen LogP contribution >= 0.6 is 0 Å². The molecule has 1 aliphatic heterocycles. The number of pyridine rings is 1. The van der Waals surface area contributed by atoms with Crippen LogP contribution in [0.25, 0.3) is 10.9 Å². The fraction of sp³-hybridized carbons (Fsp3) is 0.143. The molecule has 2 N–H and O–H groups in total. The normalized spacial score (nSPS) is 15.1. The molecule has 0 saturated carbocycles. The fourth-order valence-corrected chi connectivity index (χ4v) is 2.30. The van der Waals surface area contributed by atoms with Crippen LogP contribution in [-0.4, -0.2) is 34.5 Å². The lowest BCUT2D eigenvalue weighted by atomic mass is 10.1. The third kappa shape index (κ3) is 2.29. The van der Waals surface area contributed by atoms with E-state index in [2.05, 4.69) is 10.3 Å². The number of carbonyl (C=O) groups excluding carboxylic acids is 2. The van der Waals surface area contributed by atoms with Gasteiger partial charge in [0, 0.05) is 24.5 Å². The van der Waals surface area contributed by atoms with Crippen molar-refractivity contribution in [2.45, 2.75) is 6.42 Å². The number of carboxylic acid groups (broad SMARTS) is 1. The summed E-state index contributed by atoms with van der Waals surface area (Å²) in [6.07, 6.45) is 1.73. The van der Waals surface area contributed by atoms with Crippen LogP contribution in [0.15, 0.2) is 30.5 Å². The van der Waals surface area contributed by atoms with Gasteiger partial charge in [-0.2, -0.15) is 0 Å². The van der Waals surface area contributed by atoms with Gasteiger partial charge in [0.25, 0.3) is 0 Å². The van der Waals surface area contributed by atoms with Gasteiger partial charge in [0.2, 0.25) is 5.91 Å². The van der Waals surface area contributed by atoms with Crippen molar-refractivity contribution in [2.24, 2.45) is 0 Å². The molecule has 2 aromatic rings. The number of imide groups is 1. The maximum absolute atomic E-state index is 11.9. The van der Waals surface area contributed by atoms with E-state index in [1.54, 1.807) is 12.1 Å². The number of carboxylic acids is 1. The number of carbonyl (C=O) groups is 3. The largest absolute Gasteiger partial charge is 0.478 e. The molecule has 3 amide bonds. The van der Waals surface area contributed by atoms with Gasteiger partial charge >= 0.3 is 12.0 Å². The molecular weight excluding hydrogens is 274 g/mol. The number of benzene rings is 1. The summed E-state index contributed by atoms with van der Waals surface area (Å²) in [6.45, 7) is 0.282. The molecule has 1 aromatic heterocycles. The molecule has 0 aliphatic carbocycles. The number of nitrogens with one attached hydrogen (secondary N) is 1. The molecule has 1 aromatic carbocycles. The zero-order valence-electron chi connectivity index (χ0n) is 10.9. The Balaban J connectivity index is 2.09. The van der Waals surface area contributed by atoms with Crippen molar-refractivity contribution in [1.29, 1.82) is 0 Å². The number of nitrogens with zero attached hydrogens (tertiary/aromatic N) is 2. The lowest BCUT2D eigenvalue weighted by molar-refractivity contribution is -0.120. The Bertz CT molecular complexity index is 772. The van der Waals surface area contributed by atoms with E-state index in [0.29, 0.717) is 16.6 Å². The van der Waals surface area contributed by atoms with Crippen molar-refractivity contribution in [1.82, 2.24) is 10.3 Å². The highest BCUT2D eigenvalue weighted by Crippen LogP contribution is 2.27. The van der Waals surface area contributed by atoms with Gasteiger partial charge in [-0.1, -0.05) is 0 Å². The van der Waals surface area contributed by atoms with Crippen molar-refractivity contribution < 1.29 is 19.5 Å². The molecule has 0 unspecified atom stereocenters. The van der Waals surface area contributed by atoms with Gasteiger partial charge in [-0.3, -0.25) is 20.0 Å². The minimum atomic E-state index is -1.04. The highest BCUT2D eigenvalue weighted by atomic mass is 16.4. The maximum Gasteiger partial charge on any atom is 0.335 e. The third-order valence-electron chi connectivity index (χ3n) is 3.31. The van der Waals surface area contributed by atoms with E-state index in [0.717, 1.165) is 0 Å². The van der Waals surface area contributed by atoms with E-state index < -0.39 is 12.0 Å². The Kier molecular flexibility index (Phi) is 3.02. The van der Waals surface area contributed by atoms with Gasteiger partial charge in [0.05, 0.1) is 16.8 Å². The number of hydrogen-bond acceptors (Lipinski definition) is 4. The van der Waals surface area contributed by atoms with Crippen molar-refractivity contribution in [3.63, 3.8) is 0 Å². The SMILES string of the molecule is O=C1CCN(c2ccnc3cc(C(=O)O)ccc23)C(=O)N1. The number of aromatic nitrogens is 1. The predicted octanol–water partition coefficient (Wildman–Crippen LogP) is 1.38. The zero-order valence-corrected chi connectivity index (χ0v) is 10.9. The Morgan fingerprint density at radius 3 is 2.81 bits per heavy atom. The van der Waals surface area contributed by atoms with Crippen LogP contribution in [0, 0.1) is 0 Å². The van der Waals surface area contributed by atoms with E-state index in [4.69, 9.17) is 5.11 Å². The van der Waals surface area contributed by atoms with Gasteiger partial charge in [-0.15, -0.1) is 0 Å². The topological polar surface area (TPSA) is 99.6 Å². The predicted molar refractivity (Wildman–Crippen MR) is 74.2 cm³/mol. The van der Waals surface area contributed by atoms with Gasteiger partial charge in [0.1, 0.15) is 0 Å². The Labute approximate surface area is 119 Å². The summed E-state index contributed by atoms with van der Waals surface area (Å²) >= 11 is 0. The van der Waals surface area contributed by atoms with Gasteiger partial charge in [0.15, 0.2) is 0 Å². The second-order valence-corrected chi connectivity index (χ2v) is 4.62. The lowest BCUT2D eigenvalue weighted by Gasteiger charge is -2.27. The standard InChI is InChI=1S/C14H11N3O4/c18-12-4-6-17(14(21)16-12)11-3-5-15-10-7-8(13(19)20)1-2-9(10)11/h1-3,5,7H,4,6H2,(H,19,20)(H,16,18,21). The molecule has 1 saturated heterocycles. The minimum Gasteiger partial charge on any atom is -0.478 e. The number of hydrogen-bond donors (Lipinski definition) is 2. The maximum atomic E-state index is 11.9. The average molecular weight is 285 g/mol. The summed E-state index contributed by atoms with van der Waals surface area (Å²) < 4.78 is 0. The second-order valence-electron chi connectivity index (χ2n) is 4.62. The molecule has 1 aliphatic rings. The highest BCUT2D eigenvalue weighted by Gasteiger charge is 2.25. The first-order valence-corrected chi connectivity index (χ1v) is 6.29. The summed E-state index contributed by atoms with van der Waals surface area (Å²) in [5, 5.41) is 11.9. The van der Waals surface area contributed by atoms with E-state index in [1.165, 1.54) is 23.2 Å². The van der Waals surface area contributed by atoms with Crippen LogP contribution in [0.5, 0.6) is 0 Å². The first-order chi connectivity index (χ1) is 10.1. The van der Waals surface area contributed by atoms with E-state index in [-0.39, 0.29) is 24.4 Å². The quantitative estimate of drug-likeness (QED) is 0.868. The Hall–Kier alpha value is -2.96. The summed E-state index contributed by atoms with van der Waals surface area (Å²) in [4.78, 5) is 39.7. The molecule has 0 atom stereocenters. The van der Waals surface area contributed by atoms with Gasteiger partial charge in [-0.25, -0.2) is 9.59 Å². The number of urea groups is 1. The fourth-order valence-electron chi connectivity index (χ4n) is 2.30. The lowest BCUT2D eigenvalue weighted by Crippen LogP contribution is -2.49. The molecule has 3 rings (SSSR count). The van der Waals surface area contributed by atoms with Crippen molar-refractivity contribution in [2.75, 3.05) is 11.4 Å². The molecule has 0 bridgehead atoms. The molecule has 106 valence electrons. The minimum absolute atomic E-state index is 0.130. The van der Waals surface area contributed by atoms with Crippen LogP contribution in [0.2, 0.25) is 0 Å². The molecular formula is C14H11N3O4. The summed E-state index contributed by atoms with van der Waals surface area (Å²) in [6, 6.07) is 5.71. The van der Waals surface area contributed by atoms with E-state index in [1.807, 2.05) is 0 Å². The summed E-state index contributed by atoms with van der Waals surface area (Å²) in [5.74, 6) is -1.34. The Morgan fingerprint density at radius 2 is 2.10 bits per heavy atom. The van der Waals surface area contributed by atoms with Crippen molar-refractivity contribution >= 4 is 34.5 Å². The van der Waals surface area contributed by atoms with E-state index in [9.17, 15) is 14.4 Å². The molecule has 7 nitrogen and oxygen atoms in total. The van der Waals surface area contributed by atoms with Crippen molar-refractivity contribution in [3.8, 4) is 0 Å². The number of rotatable bonds is 2. The van der Waals surface area contributed by atoms with Crippen LogP contribution in [0.1, 0.15) is 16.8 Å². The van der Waals surface area contributed by atoms with Crippen LogP contribution < -0.4 is 10.2 Å². The smallest absolute Gasteiger partial charge is 0.335 e. The number of fused-ring (bicyclic) bond motifs is 1. The molecule has 21 heavy (non-hydrogen) atoms. The summed E-state index contributed by atoms with van der Waals surface area (Å²) in [7, 11) is 0. The second kappa shape index (κ2) is 4.86. The van der Waals surface area contributed by atoms with Crippen LogP contribution in [-0.2, 0) is 4.79 Å². The molecule has 0 spiro atoms. The van der Waals surface area contributed by atoms with Crippen LogP contribution in [0.4, 0.5) is 10.5 Å². The number of amides is 3. The van der Waals surface area contributed by atoms with Gasteiger partial charge in [-0.05, 0) is 24.3 Å². The van der Waals surface area contributed by atoms with Gasteiger partial charge < -0.3 is 5.11 Å². The Morgan fingerprint density at radius 1 is 1.29 bits per heavy atom. The molecule has 7 heteroatoms. The van der Waals surface area contributed by atoms with E-state index >= 15 is 0 Å². The monoisotopic (exact) mass is 285 g/mol. The zero-order chi connectivity index (χ0) is 15.0. The first-order valence-electron chi connectivity index (χ1n) is 6.29. The highest BCUT2D eigenvalue weighted by molar-refractivity contribution is 6.09. The third-order valence-corrected chi connectivity index (χ3v) is 3.31. The molecule has 1 fully saturated rings. The molecule has 0 radical (unpaired) electrons. The first kappa shape index (κ1) is 13.0. The molecule has 2 heterocycles. The van der Waals surface area contributed by atoms with Crippen LogP contribution in [0.3, 0.4) is 0 Å². The summed E-state index contributed by atoms with van der Waals surface area (Å²) in [5.41, 5.74) is 1.21.